The lowest BCUT2D eigenvalue weighted by molar-refractivity contribution is 0.544. The maximum Gasteiger partial charge on any atom is 0.0540 e. The van der Waals surface area contributed by atoms with Gasteiger partial charge in [0.25, 0.3) is 0 Å². The van der Waals surface area contributed by atoms with Gasteiger partial charge in [-0.15, -0.1) is 0 Å². The first-order valence-corrected chi connectivity index (χ1v) is 25.9. The third-order valence-electron chi connectivity index (χ3n) is 16.2. The van der Waals surface area contributed by atoms with Crippen molar-refractivity contribution in [3.05, 3.63) is 262 Å². The number of benzene rings is 8. The van der Waals surface area contributed by atoms with Crippen LogP contribution in [0.1, 0.15) is 125 Å². The summed E-state index contributed by atoms with van der Waals surface area (Å²) in [7, 11) is 0. The number of anilines is 2. The van der Waals surface area contributed by atoms with E-state index in [9.17, 15) is 0 Å². The van der Waals surface area contributed by atoms with Gasteiger partial charge in [0.2, 0.25) is 0 Å². The molecule has 71 heavy (non-hydrogen) atoms. The van der Waals surface area contributed by atoms with E-state index in [1.807, 2.05) is 0 Å². The molecule has 0 spiro atoms. The highest BCUT2D eigenvalue weighted by Gasteiger charge is 2.44. The predicted molar refractivity (Wildman–Crippen MR) is 304 cm³/mol. The Morgan fingerprint density at radius 3 is 1.75 bits per heavy atom. The van der Waals surface area contributed by atoms with E-state index in [0.717, 1.165) is 12.8 Å². The second-order valence-corrected chi connectivity index (χ2v) is 22.9. The van der Waals surface area contributed by atoms with Gasteiger partial charge in [-0.2, -0.15) is 0 Å². The lowest BCUT2D eigenvalue weighted by atomic mass is 9.65. The monoisotopic (exact) mass is 922 g/mol. The van der Waals surface area contributed by atoms with Gasteiger partial charge in [-0.25, -0.2) is 0 Å². The first-order chi connectivity index (χ1) is 34.2. The maximum absolute atomic E-state index is 2.70. The lowest BCUT2D eigenvalue weighted by Gasteiger charge is -2.40. The Morgan fingerprint density at radius 1 is 0.479 bits per heavy atom. The lowest BCUT2D eigenvalue weighted by Crippen LogP contribution is -2.29. The van der Waals surface area contributed by atoms with Crippen molar-refractivity contribution in [2.24, 2.45) is 5.92 Å². The average molecular weight is 922 g/mol. The van der Waals surface area contributed by atoms with E-state index in [-0.39, 0.29) is 27.6 Å². The molecular weight excluding hydrogens is 855 g/mol. The first-order valence-electron chi connectivity index (χ1n) is 25.9. The maximum atomic E-state index is 2.70. The zero-order valence-corrected chi connectivity index (χ0v) is 43.1. The molecular formula is C70H67N. The van der Waals surface area contributed by atoms with E-state index in [1.165, 1.54) is 106 Å². The van der Waals surface area contributed by atoms with Crippen LogP contribution >= 0.6 is 0 Å². The molecule has 0 N–H and O–H groups in total. The van der Waals surface area contributed by atoms with Crippen molar-refractivity contribution in [1.29, 1.82) is 0 Å². The van der Waals surface area contributed by atoms with Crippen LogP contribution in [0, 0.1) is 5.92 Å². The van der Waals surface area contributed by atoms with E-state index >= 15 is 0 Å². The van der Waals surface area contributed by atoms with E-state index in [0.29, 0.717) is 0 Å². The number of hydrogen-bond donors (Lipinski definition) is 0. The number of hydrogen-bond acceptors (Lipinski definition) is 1. The van der Waals surface area contributed by atoms with Crippen LogP contribution in [0.2, 0.25) is 0 Å². The first kappa shape index (κ1) is 46.2. The summed E-state index contributed by atoms with van der Waals surface area (Å²) in [4.78, 5) is 2.70. The van der Waals surface area contributed by atoms with Gasteiger partial charge >= 0.3 is 0 Å². The Morgan fingerprint density at radius 2 is 1.04 bits per heavy atom. The standard InChI is InChI=1S/C70H67N/c1-47-24-20-33-56(50-41-39-49(40-42-50)48-25-12-10-13-26-48)66(47)71(63-38-22-36-61-64(63)59-32-16-18-35-60(59)70(61,9)52-29-14-11-15-30-52)62-37-19-17-31-57(62)58-34-21-27-51-28-23-43-69(8,65(51)58)55-45-53(67(2,3)4)44-54(46-55)68(5,6)7/h10-23,25-42,44-47H,24,43H2,1-9H3. The molecule has 0 saturated carbocycles. The van der Waals surface area contributed by atoms with Gasteiger partial charge in [0, 0.05) is 39.1 Å². The third-order valence-corrected chi connectivity index (χ3v) is 16.2. The number of fused-ring (bicyclic) bond motifs is 4. The molecule has 0 radical (unpaired) electrons. The van der Waals surface area contributed by atoms with Gasteiger partial charge in [-0.1, -0.05) is 256 Å². The van der Waals surface area contributed by atoms with Gasteiger partial charge in [-0.3, -0.25) is 0 Å². The predicted octanol–water partition coefficient (Wildman–Crippen LogP) is 18.8. The summed E-state index contributed by atoms with van der Waals surface area (Å²) in [5.74, 6) is 0.207. The van der Waals surface area contributed by atoms with Crippen molar-refractivity contribution >= 4 is 23.0 Å². The molecule has 11 rings (SSSR count). The molecule has 0 amide bonds. The van der Waals surface area contributed by atoms with Gasteiger partial charge in [0.1, 0.15) is 0 Å². The summed E-state index contributed by atoms with van der Waals surface area (Å²) in [6.07, 6.45) is 11.4. The molecule has 0 aromatic heterocycles. The van der Waals surface area contributed by atoms with E-state index in [1.54, 1.807) is 0 Å². The van der Waals surface area contributed by atoms with E-state index in [2.05, 4.69) is 280 Å². The van der Waals surface area contributed by atoms with E-state index in [4.69, 9.17) is 0 Å². The molecule has 3 atom stereocenters. The fourth-order valence-corrected chi connectivity index (χ4v) is 12.1. The van der Waals surface area contributed by atoms with Crippen LogP contribution in [0.25, 0.3) is 45.0 Å². The zero-order valence-electron chi connectivity index (χ0n) is 43.1. The Hall–Kier alpha value is -7.22. The molecule has 0 heterocycles. The molecule has 3 aliphatic rings. The SMILES string of the molecule is CC1CC=CC(c2ccc(-c3ccccc3)cc2)=C1N(c1ccccc1-c1cccc2c1C(C)(c1cc(C(C)(C)C)cc(C(C)(C)C)c1)CC=C2)c1cccc2c1-c1ccccc1C2(C)c1ccccc1. The van der Waals surface area contributed by atoms with Crippen LogP contribution in [0.5, 0.6) is 0 Å². The number of rotatable bonds is 8. The van der Waals surface area contributed by atoms with Crippen LogP contribution in [0.15, 0.2) is 212 Å². The summed E-state index contributed by atoms with van der Waals surface area (Å²) in [6.45, 7) is 21.5. The fraction of sp³-hybridized carbons (Fsp3) is 0.229. The number of allylic oxidation sites excluding steroid dienone is 5. The van der Waals surface area contributed by atoms with Gasteiger partial charge in [0.15, 0.2) is 0 Å². The molecule has 8 aromatic carbocycles. The zero-order chi connectivity index (χ0) is 49.3. The average Bonchev–Trinajstić information content (AvgIpc) is 3.65. The van der Waals surface area contributed by atoms with Crippen LogP contribution in [0.4, 0.5) is 11.4 Å². The molecule has 1 heteroatoms. The Balaban J connectivity index is 1.20. The highest BCUT2D eigenvalue weighted by atomic mass is 15.2. The van der Waals surface area contributed by atoms with Gasteiger partial charge in [0.05, 0.1) is 11.4 Å². The molecule has 0 saturated heterocycles. The van der Waals surface area contributed by atoms with Crippen LogP contribution in [-0.2, 0) is 21.7 Å². The molecule has 8 aromatic rings. The quantitative estimate of drug-likeness (QED) is 0.147. The van der Waals surface area contributed by atoms with Crippen molar-refractivity contribution < 1.29 is 0 Å². The Bertz CT molecular complexity index is 3370. The molecule has 3 unspecified atom stereocenters. The number of para-hydroxylation sites is 1. The summed E-state index contributed by atoms with van der Waals surface area (Å²) < 4.78 is 0. The summed E-state index contributed by atoms with van der Waals surface area (Å²) in [5, 5.41) is 0. The minimum absolute atomic E-state index is 0.00406. The molecule has 0 bridgehead atoms. The molecule has 0 aliphatic heterocycles. The highest BCUT2D eigenvalue weighted by molar-refractivity contribution is 5.99. The normalized spacial score (nSPS) is 19.3. The minimum atomic E-state index is -0.350. The van der Waals surface area contributed by atoms with Crippen molar-refractivity contribution in [1.82, 2.24) is 0 Å². The van der Waals surface area contributed by atoms with Crippen molar-refractivity contribution in [3.8, 4) is 33.4 Å². The molecule has 1 nitrogen and oxygen atoms in total. The van der Waals surface area contributed by atoms with Crippen molar-refractivity contribution in [3.63, 3.8) is 0 Å². The molecule has 0 fully saturated rings. The highest BCUT2D eigenvalue weighted by Crippen LogP contribution is 2.58. The van der Waals surface area contributed by atoms with Gasteiger partial charge in [-0.05, 0) is 115 Å². The minimum Gasteiger partial charge on any atom is -0.312 e. The Kier molecular flexibility index (Phi) is 11.4. The summed E-state index contributed by atoms with van der Waals surface area (Å²) in [5.41, 5.74) is 23.9. The van der Waals surface area contributed by atoms with Crippen molar-refractivity contribution in [2.45, 2.75) is 96.8 Å². The van der Waals surface area contributed by atoms with Gasteiger partial charge < -0.3 is 4.90 Å². The smallest absolute Gasteiger partial charge is 0.0540 e. The largest absolute Gasteiger partial charge is 0.312 e. The summed E-state index contributed by atoms with van der Waals surface area (Å²) >= 11 is 0. The molecule has 352 valence electrons. The fourth-order valence-electron chi connectivity index (χ4n) is 12.1. The van der Waals surface area contributed by atoms with E-state index < -0.39 is 0 Å². The topological polar surface area (TPSA) is 3.24 Å². The Labute approximate surface area is 424 Å². The second kappa shape index (κ2) is 17.6. The van der Waals surface area contributed by atoms with Crippen LogP contribution < -0.4 is 4.90 Å². The third kappa shape index (κ3) is 7.86. The summed E-state index contributed by atoms with van der Waals surface area (Å²) in [6, 6.07) is 71.3. The second-order valence-electron chi connectivity index (χ2n) is 22.9. The van der Waals surface area contributed by atoms with Crippen LogP contribution in [-0.4, -0.2) is 0 Å². The number of nitrogens with zero attached hydrogens (tertiary/aromatic N) is 1. The van der Waals surface area contributed by atoms with Crippen LogP contribution in [0.3, 0.4) is 0 Å². The molecule has 3 aliphatic carbocycles. The van der Waals surface area contributed by atoms with Crippen molar-refractivity contribution in [2.75, 3.05) is 4.90 Å².